The van der Waals surface area contributed by atoms with Crippen LogP contribution in [0.25, 0.3) is 5.57 Å². The number of benzene rings is 2. The third-order valence-electron chi connectivity index (χ3n) is 5.62. The van der Waals surface area contributed by atoms with Gasteiger partial charge in [0.25, 0.3) is 0 Å². The van der Waals surface area contributed by atoms with Crippen LogP contribution in [0, 0.1) is 0 Å². The molecule has 0 aliphatic heterocycles. The lowest BCUT2D eigenvalue weighted by Crippen LogP contribution is -2.08. The first-order chi connectivity index (χ1) is 14.8. The minimum atomic E-state index is 0.212. The molecule has 2 aromatic rings. The average molecular weight is 411 g/mol. The van der Waals surface area contributed by atoms with Crippen molar-refractivity contribution in [1.82, 2.24) is 0 Å². The molecule has 2 N–H and O–H groups in total. The topological polar surface area (TPSA) is 58.9 Å². The van der Waals surface area contributed by atoms with Crippen molar-refractivity contribution in [3.63, 3.8) is 0 Å². The van der Waals surface area contributed by atoms with Crippen LogP contribution in [-0.2, 0) is 0 Å². The molecule has 0 saturated carbocycles. The Balaban J connectivity index is 1.65. The summed E-state index contributed by atoms with van der Waals surface area (Å²) in [4.78, 5) is 0. The number of unbranched alkanes of at least 4 members (excludes halogenated alkanes) is 2. The summed E-state index contributed by atoms with van der Waals surface area (Å²) in [7, 11) is 0. The summed E-state index contributed by atoms with van der Waals surface area (Å²) in [5.74, 6) is 2.37. The van der Waals surface area contributed by atoms with Crippen molar-refractivity contribution in [2.45, 2.75) is 50.9 Å². The fourth-order valence-corrected chi connectivity index (χ4v) is 3.96. The Hall–Kier alpha value is -2.30. The molecule has 30 heavy (non-hydrogen) atoms. The highest BCUT2D eigenvalue weighted by atomic mass is 16.5. The summed E-state index contributed by atoms with van der Waals surface area (Å²) in [6.45, 7) is 1.71. The van der Waals surface area contributed by atoms with Crippen LogP contribution in [0.1, 0.15) is 62.0 Å². The van der Waals surface area contributed by atoms with E-state index in [1.54, 1.807) is 0 Å². The van der Waals surface area contributed by atoms with E-state index < -0.39 is 0 Å². The average Bonchev–Trinajstić information content (AvgIpc) is 2.80. The molecule has 0 saturated heterocycles. The van der Waals surface area contributed by atoms with Gasteiger partial charge in [-0.2, -0.15) is 0 Å². The van der Waals surface area contributed by atoms with Crippen molar-refractivity contribution in [3.8, 4) is 11.5 Å². The van der Waals surface area contributed by atoms with Gasteiger partial charge in [0, 0.05) is 18.8 Å². The zero-order chi connectivity index (χ0) is 21.0. The SMILES string of the molecule is OCCCCOc1ccccc1C1=CCC(c2ccccc2OCCCCO)CC1. The minimum absolute atomic E-state index is 0.212. The van der Waals surface area contributed by atoms with Gasteiger partial charge in [0.05, 0.1) is 13.2 Å². The third-order valence-corrected chi connectivity index (χ3v) is 5.62. The molecule has 1 unspecified atom stereocenters. The first-order valence-corrected chi connectivity index (χ1v) is 11.2. The lowest BCUT2D eigenvalue weighted by molar-refractivity contribution is 0.251. The quantitative estimate of drug-likeness (QED) is 0.464. The van der Waals surface area contributed by atoms with Crippen molar-refractivity contribution in [1.29, 1.82) is 0 Å². The molecule has 3 rings (SSSR count). The van der Waals surface area contributed by atoms with E-state index in [2.05, 4.69) is 36.4 Å². The molecular formula is C26H34O4. The number of para-hydroxylation sites is 2. The third kappa shape index (κ3) is 6.35. The van der Waals surface area contributed by atoms with Crippen LogP contribution < -0.4 is 9.47 Å². The molecule has 1 atom stereocenters. The van der Waals surface area contributed by atoms with Crippen LogP contribution in [-0.4, -0.2) is 36.6 Å². The van der Waals surface area contributed by atoms with Gasteiger partial charge >= 0.3 is 0 Å². The Labute approximate surface area is 180 Å². The van der Waals surface area contributed by atoms with Gasteiger partial charge in [0.2, 0.25) is 0 Å². The smallest absolute Gasteiger partial charge is 0.126 e. The maximum absolute atomic E-state index is 8.95. The Bertz CT molecular complexity index is 799. The fourth-order valence-electron chi connectivity index (χ4n) is 3.96. The molecule has 4 heteroatoms. The molecule has 0 aromatic heterocycles. The van der Waals surface area contributed by atoms with Gasteiger partial charge in [-0.25, -0.2) is 0 Å². The molecular weight excluding hydrogens is 376 g/mol. The zero-order valence-electron chi connectivity index (χ0n) is 17.8. The normalized spacial score (nSPS) is 16.2. The van der Waals surface area contributed by atoms with Crippen LogP contribution in [0.2, 0.25) is 0 Å². The van der Waals surface area contributed by atoms with Crippen LogP contribution >= 0.6 is 0 Å². The van der Waals surface area contributed by atoms with Crippen molar-refractivity contribution >= 4 is 5.57 Å². The van der Waals surface area contributed by atoms with Crippen LogP contribution in [0.15, 0.2) is 54.6 Å². The van der Waals surface area contributed by atoms with E-state index in [0.29, 0.717) is 19.1 Å². The van der Waals surface area contributed by atoms with Crippen molar-refractivity contribution in [2.75, 3.05) is 26.4 Å². The van der Waals surface area contributed by atoms with Crippen molar-refractivity contribution < 1.29 is 19.7 Å². The van der Waals surface area contributed by atoms with E-state index in [9.17, 15) is 0 Å². The first-order valence-electron chi connectivity index (χ1n) is 11.2. The second-order valence-electron chi connectivity index (χ2n) is 7.79. The van der Waals surface area contributed by atoms with Crippen molar-refractivity contribution in [2.24, 2.45) is 0 Å². The predicted molar refractivity (Wildman–Crippen MR) is 121 cm³/mol. The van der Waals surface area contributed by atoms with Gasteiger partial charge in [-0.3, -0.25) is 0 Å². The number of ether oxygens (including phenoxy) is 2. The van der Waals surface area contributed by atoms with Gasteiger partial charge in [0.1, 0.15) is 11.5 Å². The highest BCUT2D eigenvalue weighted by molar-refractivity contribution is 5.71. The predicted octanol–water partition coefficient (Wildman–Crippen LogP) is 5.34. The zero-order valence-corrected chi connectivity index (χ0v) is 17.8. The molecule has 1 aliphatic rings. The van der Waals surface area contributed by atoms with E-state index in [1.165, 1.54) is 16.7 Å². The maximum atomic E-state index is 8.95. The van der Waals surface area contributed by atoms with Gasteiger partial charge in [0.15, 0.2) is 0 Å². The summed E-state index contributed by atoms with van der Waals surface area (Å²) in [5.41, 5.74) is 3.82. The molecule has 0 radical (unpaired) electrons. The number of hydrogen-bond acceptors (Lipinski definition) is 4. The van der Waals surface area contributed by atoms with E-state index in [0.717, 1.165) is 56.4 Å². The van der Waals surface area contributed by atoms with Crippen molar-refractivity contribution in [3.05, 3.63) is 65.7 Å². The largest absolute Gasteiger partial charge is 0.493 e. The Morgan fingerprint density at radius 1 is 0.767 bits per heavy atom. The Kier molecular flexibility index (Phi) is 9.26. The van der Waals surface area contributed by atoms with E-state index in [-0.39, 0.29) is 13.2 Å². The number of aliphatic hydroxyl groups excluding tert-OH is 2. The molecule has 0 fully saturated rings. The molecule has 1 aliphatic carbocycles. The molecule has 0 spiro atoms. The van der Waals surface area contributed by atoms with Gasteiger partial charge < -0.3 is 19.7 Å². The van der Waals surface area contributed by atoms with E-state index in [4.69, 9.17) is 19.7 Å². The highest BCUT2D eigenvalue weighted by Crippen LogP contribution is 2.41. The van der Waals surface area contributed by atoms with Gasteiger partial charge in [-0.1, -0.05) is 42.5 Å². The van der Waals surface area contributed by atoms with Crippen LogP contribution in [0.3, 0.4) is 0 Å². The number of allylic oxidation sites excluding steroid dienone is 2. The Morgan fingerprint density at radius 3 is 2.07 bits per heavy atom. The summed E-state index contributed by atoms with van der Waals surface area (Å²) < 4.78 is 12.0. The lowest BCUT2D eigenvalue weighted by atomic mass is 9.82. The number of rotatable bonds is 12. The van der Waals surface area contributed by atoms with Crippen LogP contribution in [0.5, 0.6) is 11.5 Å². The monoisotopic (exact) mass is 410 g/mol. The van der Waals surface area contributed by atoms with Gasteiger partial charge in [-0.05, 0) is 74.1 Å². The van der Waals surface area contributed by atoms with Crippen LogP contribution in [0.4, 0.5) is 0 Å². The summed E-state index contributed by atoms with van der Waals surface area (Å²) in [6.07, 6.45) is 8.73. The van der Waals surface area contributed by atoms with E-state index >= 15 is 0 Å². The Morgan fingerprint density at radius 2 is 1.40 bits per heavy atom. The lowest BCUT2D eigenvalue weighted by Gasteiger charge is -2.25. The first kappa shape index (κ1) is 22.4. The molecule has 162 valence electrons. The fraction of sp³-hybridized carbons (Fsp3) is 0.462. The second kappa shape index (κ2) is 12.4. The summed E-state index contributed by atoms with van der Waals surface area (Å²) in [6, 6.07) is 16.6. The highest BCUT2D eigenvalue weighted by Gasteiger charge is 2.21. The molecule has 2 aromatic carbocycles. The van der Waals surface area contributed by atoms with E-state index in [1.807, 2.05) is 18.2 Å². The molecule has 0 bridgehead atoms. The standard InChI is InChI=1S/C26H34O4/c27-17-5-7-19-29-25-11-3-1-9-23(25)21-13-15-22(16-14-21)24-10-2-4-12-26(24)30-20-8-6-18-28/h1-4,9-13,22,27-28H,5-8,14-20H2. The van der Waals surface area contributed by atoms with Gasteiger partial charge in [-0.15, -0.1) is 0 Å². The molecule has 4 nitrogen and oxygen atoms in total. The number of hydrogen-bond donors (Lipinski definition) is 2. The summed E-state index contributed by atoms with van der Waals surface area (Å²) in [5, 5.41) is 17.9. The minimum Gasteiger partial charge on any atom is -0.493 e. The molecule has 0 heterocycles. The molecule has 0 amide bonds. The maximum Gasteiger partial charge on any atom is 0.126 e. The summed E-state index contributed by atoms with van der Waals surface area (Å²) >= 11 is 0. The second-order valence-corrected chi connectivity index (χ2v) is 7.79. The number of aliphatic hydroxyl groups is 2.